The van der Waals surface area contributed by atoms with Gasteiger partial charge >= 0.3 is 0 Å². The van der Waals surface area contributed by atoms with Crippen molar-refractivity contribution in [2.24, 2.45) is 0 Å². The van der Waals surface area contributed by atoms with Crippen LogP contribution in [0.3, 0.4) is 0 Å². The van der Waals surface area contributed by atoms with Crippen LogP contribution in [0.4, 0.5) is 11.6 Å². The van der Waals surface area contributed by atoms with E-state index in [1.54, 1.807) is 0 Å². The van der Waals surface area contributed by atoms with E-state index in [0.29, 0.717) is 0 Å². The van der Waals surface area contributed by atoms with Gasteiger partial charge in [-0.2, -0.15) is 0 Å². The molecule has 0 saturated heterocycles. The van der Waals surface area contributed by atoms with Gasteiger partial charge < -0.3 is 15.7 Å². The van der Waals surface area contributed by atoms with Gasteiger partial charge in [0.2, 0.25) is 0 Å². The van der Waals surface area contributed by atoms with Gasteiger partial charge in [0.15, 0.2) is 0 Å². The standard InChI is InChI=1S/C14H25N3O/c1-4-10-15-12-8-7-9-13(16-12)17-14(5-2,6-3)11-18/h7-9,18H,4-6,10-11H2,1-3H3,(H2,15,16,17). The molecule has 1 aromatic rings. The number of pyridine rings is 1. The molecule has 1 aromatic heterocycles. The molecule has 0 bridgehead atoms. The number of hydrogen-bond acceptors (Lipinski definition) is 4. The number of aromatic nitrogens is 1. The fourth-order valence-corrected chi connectivity index (χ4v) is 1.82. The van der Waals surface area contributed by atoms with Crippen LogP contribution in [0.2, 0.25) is 0 Å². The lowest BCUT2D eigenvalue weighted by Gasteiger charge is -2.31. The van der Waals surface area contributed by atoms with E-state index >= 15 is 0 Å². The zero-order chi connectivity index (χ0) is 13.4. The van der Waals surface area contributed by atoms with Crippen LogP contribution in [0.15, 0.2) is 18.2 Å². The number of anilines is 2. The maximum atomic E-state index is 9.54. The van der Waals surface area contributed by atoms with Crippen molar-refractivity contribution >= 4 is 11.6 Å². The molecule has 4 nitrogen and oxygen atoms in total. The lowest BCUT2D eigenvalue weighted by molar-refractivity contribution is 0.202. The number of aliphatic hydroxyl groups excluding tert-OH is 1. The summed E-state index contributed by atoms with van der Waals surface area (Å²) in [5.41, 5.74) is -0.267. The molecule has 1 heterocycles. The van der Waals surface area contributed by atoms with Gasteiger partial charge in [0.1, 0.15) is 11.6 Å². The van der Waals surface area contributed by atoms with E-state index in [1.807, 2.05) is 18.2 Å². The van der Waals surface area contributed by atoms with E-state index in [-0.39, 0.29) is 12.1 Å². The van der Waals surface area contributed by atoms with E-state index in [2.05, 4.69) is 36.4 Å². The molecule has 0 saturated carbocycles. The van der Waals surface area contributed by atoms with Crippen molar-refractivity contribution in [3.8, 4) is 0 Å². The highest BCUT2D eigenvalue weighted by Crippen LogP contribution is 2.21. The SMILES string of the molecule is CCCNc1cccc(NC(CC)(CC)CO)n1. The summed E-state index contributed by atoms with van der Waals surface area (Å²) in [4.78, 5) is 4.51. The molecule has 1 rings (SSSR count). The van der Waals surface area contributed by atoms with Gasteiger partial charge in [-0.15, -0.1) is 0 Å². The van der Waals surface area contributed by atoms with Gasteiger partial charge in [-0.25, -0.2) is 4.98 Å². The zero-order valence-corrected chi connectivity index (χ0v) is 11.7. The van der Waals surface area contributed by atoms with Crippen molar-refractivity contribution < 1.29 is 5.11 Å². The van der Waals surface area contributed by atoms with Crippen molar-refractivity contribution in [2.75, 3.05) is 23.8 Å². The van der Waals surface area contributed by atoms with Gasteiger partial charge in [-0.05, 0) is 31.4 Å². The smallest absolute Gasteiger partial charge is 0.128 e. The summed E-state index contributed by atoms with van der Waals surface area (Å²) >= 11 is 0. The van der Waals surface area contributed by atoms with Crippen LogP contribution in [0.5, 0.6) is 0 Å². The third-order valence-electron chi connectivity index (χ3n) is 3.35. The number of rotatable bonds is 8. The predicted molar refractivity (Wildman–Crippen MR) is 77.0 cm³/mol. The molecular weight excluding hydrogens is 226 g/mol. The molecule has 0 unspecified atom stereocenters. The Hall–Kier alpha value is -1.29. The molecule has 0 atom stereocenters. The fraction of sp³-hybridized carbons (Fsp3) is 0.643. The molecule has 0 fully saturated rings. The maximum Gasteiger partial charge on any atom is 0.128 e. The summed E-state index contributed by atoms with van der Waals surface area (Å²) in [6.45, 7) is 7.31. The average molecular weight is 251 g/mol. The number of nitrogens with one attached hydrogen (secondary N) is 2. The first kappa shape index (κ1) is 14.8. The van der Waals surface area contributed by atoms with Crippen molar-refractivity contribution in [1.29, 1.82) is 0 Å². The average Bonchev–Trinajstić information content (AvgIpc) is 2.43. The molecule has 0 amide bonds. The molecule has 0 aliphatic heterocycles. The number of nitrogens with zero attached hydrogens (tertiary/aromatic N) is 1. The first-order valence-corrected chi connectivity index (χ1v) is 6.79. The second-order valence-electron chi connectivity index (χ2n) is 4.61. The van der Waals surface area contributed by atoms with Crippen LogP contribution in [0.25, 0.3) is 0 Å². The minimum Gasteiger partial charge on any atom is -0.394 e. The second kappa shape index (κ2) is 7.21. The van der Waals surface area contributed by atoms with Gasteiger partial charge in [0.05, 0.1) is 12.1 Å². The van der Waals surface area contributed by atoms with Crippen molar-refractivity contribution in [3.63, 3.8) is 0 Å². The van der Waals surface area contributed by atoms with Crippen molar-refractivity contribution in [1.82, 2.24) is 4.98 Å². The van der Waals surface area contributed by atoms with E-state index in [1.165, 1.54) is 0 Å². The Morgan fingerprint density at radius 3 is 2.39 bits per heavy atom. The second-order valence-corrected chi connectivity index (χ2v) is 4.61. The van der Waals surface area contributed by atoms with E-state index in [9.17, 15) is 5.11 Å². The van der Waals surface area contributed by atoms with E-state index < -0.39 is 0 Å². The first-order valence-electron chi connectivity index (χ1n) is 6.79. The van der Waals surface area contributed by atoms with E-state index in [0.717, 1.165) is 37.4 Å². The minimum atomic E-state index is -0.267. The Bertz CT molecular complexity index is 342. The Morgan fingerprint density at radius 2 is 1.83 bits per heavy atom. The van der Waals surface area contributed by atoms with Gasteiger partial charge in [0, 0.05) is 6.54 Å². The molecule has 18 heavy (non-hydrogen) atoms. The normalized spacial score (nSPS) is 11.3. The summed E-state index contributed by atoms with van der Waals surface area (Å²) in [6.07, 6.45) is 2.81. The third kappa shape index (κ3) is 3.88. The molecule has 0 radical (unpaired) electrons. The fourth-order valence-electron chi connectivity index (χ4n) is 1.82. The van der Waals surface area contributed by atoms with Gasteiger partial charge in [-0.3, -0.25) is 0 Å². The largest absolute Gasteiger partial charge is 0.394 e. The van der Waals surface area contributed by atoms with Crippen LogP contribution >= 0.6 is 0 Å². The highest BCUT2D eigenvalue weighted by atomic mass is 16.3. The van der Waals surface area contributed by atoms with Crippen LogP contribution in [-0.4, -0.2) is 28.8 Å². The Morgan fingerprint density at radius 1 is 1.17 bits per heavy atom. The highest BCUT2D eigenvalue weighted by molar-refractivity contribution is 5.46. The first-order chi connectivity index (χ1) is 8.69. The van der Waals surface area contributed by atoms with Crippen LogP contribution in [0, 0.1) is 0 Å². The van der Waals surface area contributed by atoms with Gasteiger partial charge in [0.25, 0.3) is 0 Å². The molecule has 0 aliphatic carbocycles. The number of hydrogen-bond donors (Lipinski definition) is 3. The molecule has 3 N–H and O–H groups in total. The Balaban J connectivity index is 2.77. The molecule has 0 aromatic carbocycles. The molecule has 0 aliphatic rings. The maximum absolute atomic E-state index is 9.54. The van der Waals surface area contributed by atoms with Crippen LogP contribution < -0.4 is 10.6 Å². The minimum absolute atomic E-state index is 0.119. The monoisotopic (exact) mass is 251 g/mol. The molecule has 102 valence electrons. The summed E-state index contributed by atoms with van der Waals surface area (Å²) < 4.78 is 0. The van der Waals surface area contributed by atoms with E-state index in [4.69, 9.17) is 0 Å². The van der Waals surface area contributed by atoms with Crippen LogP contribution in [-0.2, 0) is 0 Å². The molecular formula is C14H25N3O. The summed E-state index contributed by atoms with van der Waals surface area (Å²) in [7, 11) is 0. The summed E-state index contributed by atoms with van der Waals surface area (Å²) in [5, 5.41) is 16.2. The quantitative estimate of drug-likeness (QED) is 0.665. The number of aliphatic hydroxyl groups is 1. The van der Waals surface area contributed by atoms with Crippen molar-refractivity contribution in [3.05, 3.63) is 18.2 Å². The third-order valence-corrected chi connectivity index (χ3v) is 3.35. The van der Waals surface area contributed by atoms with Crippen molar-refractivity contribution in [2.45, 2.75) is 45.6 Å². The highest BCUT2D eigenvalue weighted by Gasteiger charge is 2.25. The Labute approximate surface area is 110 Å². The van der Waals surface area contributed by atoms with Gasteiger partial charge in [-0.1, -0.05) is 26.8 Å². The lowest BCUT2D eigenvalue weighted by Crippen LogP contribution is -2.41. The lowest BCUT2D eigenvalue weighted by atomic mass is 9.94. The molecule has 4 heteroatoms. The Kier molecular flexibility index (Phi) is 5.92. The topological polar surface area (TPSA) is 57.2 Å². The summed E-state index contributed by atoms with van der Waals surface area (Å²) in [5.74, 6) is 1.69. The summed E-state index contributed by atoms with van der Waals surface area (Å²) in [6, 6.07) is 5.87. The predicted octanol–water partition coefficient (Wildman–Crippen LogP) is 2.87. The zero-order valence-electron chi connectivity index (χ0n) is 11.7. The molecule has 0 spiro atoms. The van der Waals surface area contributed by atoms with Crippen LogP contribution in [0.1, 0.15) is 40.0 Å².